The minimum absolute atomic E-state index is 0.186. The smallest absolute Gasteiger partial charge is 0.221 e. The van der Waals surface area contributed by atoms with E-state index in [1.807, 2.05) is 0 Å². The van der Waals surface area contributed by atoms with Crippen LogP contribution in [0, 0.1) is 0 Å². The minimum atomic E-state index is -0.186. The molecule has 0 aliphatic carbocycles. The third-order valence-corrected chi connectivity index (χ3v) is 4.32. The Hall–Kier alpha value is -0.300. The van der Waals surface area contributed by atoms with E-state index in [2.05, 4.69) is 19.1 Å². The highest BCUT2D eigenvalue weighted by Gasteiger charge is 1.96. The topological polar surface area (TPSA) is 17.1 Å². The van der Waals surface area contributed by atoms with Crippen molar-refractivity contribution in [2.75, 3.05) is 0 Å². The lowest BCUT2D eigenvalue weighted by atomic mass is 10.1. The van der Waals surface area contributed by atoms with Crippen LogP contribution >= 0.6 is 11.6 Å². The maximum Gasteiger partial charge on any atom is 0.221 e. The molecule has 130 valence electrons. The summed E-state index contributed by atoms with van der Waals surface area (Å²) in [7, 11) is 0. The van der Waals surface area contributed by atoms with E-state index in [0.717, 1.165) is 12.8 Å². The van der Waals surface area contributed by atoms with Crippen molar-refractivity contribution in [2.24, 2.45) is 0 Å². The number of carbonyl (C=O) groups is 1. The predicted molar refractivity (Wildman–Crippen MR) is 99.5 cm³/mol. The maximum absolute atomic E-state index is 10.6. The second-order valence-corrected chi connectivity index (χ2v) is 6.82. The third-order valence-electron chi connectivity index (χ3n) is 4.14. The SMILES string of the molecule is CCCCCCC/C=C/CCCCCCCCCCC(=O)Cl. The van der Waals surface area contributed by atoms with Gasteiger partial charge in [-0.15, -0.1) is 0 Å². The molecular formula is C20H37ClO. The van der Waals surface area contributed by atoms with Crippen LogP contribution < -0.4 is 0 Å². The van der Waals surface area contributed by atoms with Gasteiger partial charge >= 0.3 is 0 Å². The van der Waals surface area contributed by atoms with Crippen LogP contribution in [0.5, 0.6) is 0 Å². The van der Waals surface area contributed by atoms with E-state index in [-0.39, 0.29) is 5.24 Å². The van der Waals surface area contributed by atoms with Crippen LogP contribution in [0.15, 0.2) is 12.2 Å². The van der Waals surface area contributed by atoms with Gasteiger partial charge in [0.2, 0.25) is 5.24 Å². The summed E-state index contributed by atoms with van der Waals surface area (Å²) in [4.78, 5) is 10.6. The highest BCUT2D eigenvalue weighted by molar-refractivity contribution is 6.63. The van der Waals surface area contributed by atoms with Crippen LogP contribution in [0.3, 0.4) is 0 Å². The number of hydrogen-bond acceptors (Lipinski definition) is 1. The molecule has 2 heteroatoms. The number of unbranched alkanes of at least 4 members (excludes halogenated alkanes) is 13. The Balaban J connectivity index is 3.06. The van der Waals surface area contributed by atoms with E-state index >= 15 is 0 Å². The van der Waals surface area contributed by atoms with Gasteiger partial charge in [0.25, 0.3) is 0 Å². The Labute approximate surface area is 143 Å². The van der Waals surface area contributed by atoms with E-state index in [9.17, 15) is 4.79 Å². The van der Waals surface area contributed by atoms with Crippen molar-refractivity contribution >= 4 is 16.8 Å². The average Bonchev–Trinajstić information content (AvgIpc) is 2.50. The Morgan fingerprint density at radius 1 is 0.682 bits per heavy atom. The minimum Gasteiger partial charge on any atom is -0.281 e. The second-order valence-electron chi connectivity index (χ2n) is 6.40. The molecular weight excluding hydrogens is 292 g/mol. The fourth-order valence-corrected chi connectivity index (χ4v) is 2.82. The summed E-state index contributed by atoms with van der Waals surface area (Å²) in [5.74, 6) is 0. The van der Waals surface area contributed by atoms with Gasteiger partial charge < -0.3 is 0 Å². The molecule has 0 rings (SSSR count). The van der Waals surface area contributed by atoms with E-state index in [4.69, 9.17) is 11.6 Å². The molecule has 0 aromatic carbocycles. The van der Waals surface area contributed by atoms with Gasteiger partial charge in [0, 0.05) is 6.42 Å². The van der Waals surface area contributed by atoms with Gasteiger partial charge in [-0.1, -0.05) is 83.3 Å². The molecule has 0 aliphatic heterocycles. The molecule has 0 saturated heterocycles. The lowest BCUT2D eigenvalue weighted by Gasteiger charge is -2.01. The fraction of sp³-hybridized carbons (Fsp3) is 0.850. The molecule has 22 heavy (non-hydrogen) atoms. The van der Waals surface area contributed by atoms with Crippen molar-refractivity contribution in [3.8, 4) is 0 Å². The lowest BCUT2D eigenvalue weighted by Crippen LogP contribution is -1.86. The van der Waals surface area contributed by atoms with Crippen molar-refractivity contribution in [1.82, 2.24) is 0 Å². The summed E-state index contributed by atoms with van der Waals surface area (Å²) in [5.41, 5.74) is 0. The zero-order valence-corrected chi connectivity index (χ0v) is 15.5. The summed E-state index contributed by atoms with van der Waals surface area (Å²) in [6, 6.07) is 0. The molecule has 1 nitrogen and oxygen atoms in total. The van der Waals surface area contributed by atoms with Crippen LogP contribution in [0.2, 0.25) is 0 Å². The van der Waals surface area contributed by atoms with Crippen LogP contribution in [-0.4, -0.2) is 5.24 Å². The van der Waals surface area contributed by atoms with Crippen molar-refractivity contribution in [3.05, 3.63) is 12.2 Å². The molecule has 0 spiro atoms. The highest BCUT2D eigenvalue weighted by atomic mass is 35.5. The summed E-state index contributed by atoms with van der Waals surface area (Å²) in [6.45, 7) is 2.27. The maximum atomic E-state index is 10.6. The van der Waals surface area contributed by atoms with E-state index in [0.29, 0.717) is 6.42 Å². The highest BCUT2D eigenvalue weighted by Crippen LogP contribution is 2.11. The first-order chi connectivity index (χ1) is 10.8. The van der Waals surface area contributed by atoms with E-state index in [1.165, 1.54) is 83.5 Å². The predicted octanol–water partition coefficient (Wildman–Crippen LogP) is 7.57. The largest absolute Gasteiger partial charge is 0.281 e. The van der Waals surface area contributed by atoms with Crippen LogP contribution in [-0.2, 0) is 4.79 Å². The van der Waals surface area contributed by atoms with Gasteiger partial charge in [-0.05, 0) is 43.7 Å². The summed E-state index contributed by atoms with van der Waals surface area (Å²) in [6.07, 6.45) is 24.8. The molecule has 0 radical (unpaired) electrons. The monoisotopic (exact) mass is 328 g/mol. The van der Waals surface area contributed by atoms with Gasteiger partial charge in [0.15, 0.2) is 0 Å². The number of rotatable bonds is 17. The summed E-state index contributed by atoms with van der Waals surface area (Å²) < 4.78 is 0. The first kappa shape index (κ1) is 21.7. The van der Waals surface area contributed by atoms with E-state index in [1.54, 1.807) is 0 Å². The first-order valence-corrected chi connectivity index (χ1v) is 9.98. The van der Waals surface area contributed by atoms with Crippen LogP contribution in [0.25, 0.3) is 0 Å². The molecule has 0 heterocycles. The van der Waals surface area contributed by atoms with E-state index < -0.39 is 0 Å². The molecule has 0 atom stereocenters. The molecule has 0 amide bonds. The average molecular weight is 329 g/mol. The number of halogens is 1. The zero-order chi connectivity index (χ0) is 16.3. The first-order valence-electron chi connectivity index (χ1n) is 9.60. The Morgan fingerprint density at radius 3 is 1.55 bits per heavy atom. The summed E-state index contributed by atoms with van der Waals surface area (Å²) in [5, 5.41) is -0.186. The third kappa shape index (κ3) is 19.7. The van der Waals surface area contributed by atoms with Gasteiger partial charge in [0.1, 0.15) is 0 Å². The number of allylic oxidation sites excluding steroid dienone is 2. The zero-order valence-electron chi connectivity index (χ0n) is 14.8. The molecule has 0 aromatic rings. The molecule has 0 fully saturated rings. The standard InChI is InChI=1S/C20H37ClO/c1-2-3-4-5-6-7-8-9-10-11-12-13-14-15-16-17-18-19-20(21)22/h8-9H,2-7,10-19H2,1H3/b9-8+. The Kier molecular flexibility index (Phi) is 18.5. The van der Waals surface area contributed by atoms with Crippen molar-refractivity contribution in [1.29, 1.82) is 0 Å². The summed E-state index contributed by atoms with van der Waals surface area (Å²) >= 11 is 5.30. The molecule has 0 bridgehead atoms. The van der Waals surface area contributed by atoms with Crippen molar-refractivity contribution < 1.29 is 4.79 Å². The molecule has 0 aliphatic rings. The van der Waals surface area contributed by atoms with Gasteiger partial charge in [0.05, 0.1) is 0 Å². The fourth-order valence-electron chi connectivity index (χ4n) is 2.69. The Bertz CT molecular complexity index is 260. The number of hydrogen-bond donors (Lipinski definition) is 0. The number of carbonyl (C=O) groups excluding carboxylic acids is 1. The second kappa shape index (κ2) is 18.7. The van der Waals surface area contributed by atoms with Gasteiger partial charge in [-0.25, -0.2) is 0 Å². The Morgan fingerprint density at radius 2 is 1.09 bits per heavy atom. The molecule has 0 N–H and O–H groups in total. The van der Waals surface area contributed by atoms with Crippen molar-refractivity contribution in [3.63, 3.8) is 0 Å². The lowest BCUT2D eigenvalue weighted by molar-refractivity contribution is -0.111. The molecule has 0 unspecified atom stereocenters. The van der Waals surface area contributed by atoms with Crippen LogP contribution in [0.1, 0.15) is 110 Å². The molecule has 0 aromatic heterocycles. The normalized spacial score (nSPS) is 11.4. The van der Waals surface area contributed by atoms with Gasteiger partial charge in [-0.3, -0.25) is 4.79 Å². The van der Waals surface area contributed by atoms with Crippen LogP contribution in [0.4, 0.5) is 0 Å². The molecule has 0 saturated carbocycles. The van der Waals surface area contributed by atoms with Crippen molar-refractivity contribution in [2.45, 2.75) is 110 Å². The van der Waals surface area contributed by atoms with Gasteiger partial charge in [-0.2, -0.15) is 0 Å². The quantitative estimate of drug-likeness (QED) is 0.153.